The summed E-state index contributed by atoms with van der Waals surface area (Å²) in [6.45, 7) is 4.44. The van der Waals surface area contributed by atoms with Crippen LogP contribution in [0.2, 0.25) is 0 Å². The van der Waals surface area contributed by atoms with Crippen LogP contribution >= 0.6 is 0 Å². The SMILES string of the molecule is CCNC(=O)CCOc1ccc(C(=O)O)c(C)c1. The van der Waals surface area contributed by atoms with E-state index >= 15 is 0 Å². The first-order valence-corrected chi connectivity index (χ1v) is 5.78. The van der Waals surface area contributed by atoms with E-state index in [1.54, 1.807) is 19.1 Å². The standard InChI is InChI=1S/C13H17NO4/c1-3-14-12(15)6-7-18-10-4-5-11(13(16)17)9(2)8-10/h4-5,8H,3,6-7H2,1-2H3,(H,14,15)(H,16,17). The number of hydrogen-bond acceptors (Lipinski definition) is 3. The predicted octanol–water partition coefficient (Wildman–Crippen LogP) is 1.60. The van der Waals surface area contributed by atoms with E-state index in [4.69, 9.17) is 9.84 Å². The van der Waals surface area contributed by atoms with Crippen molar-refractivity contribution in [2.24, 2.45) is 0 Å². The maximum Gasteiger partial charge on any atom is 0.335 e. The Labute approximate surface area is 106 Å². The van der Waals surface area contributed by atoms with Crippen LogP contribution in [0.4, 0.5) is 0 Å². The molecule has 2 N–H and O–H groups in total. The highest BCUT2D eigenvalue weighted by molar-refractivity contribution is 5.89. The number of carboxylic acid groups (broad SMARTS) is 1. The van der Waals surface area contributed by atoms with Gasteiger partial charge in [-0.25, -0.2) is 4.79 Å². The number of aromatic carboxylic acids is 1. The lowest BCUT2D eigenvalue weighted by Gasteiger charge is -2.08. The van der Waals surface area contributed by atoms with Crippen molar-refractivity contribution < 1.29 is 19.4 Å². The van der Waals surface area contributed by atoms with E-state index in [2.05, 4.69) is 5.32 Å². The van der Waals surface area contributed by atoms with Gasteiger partial charge in [0.25, 0.3) is 0 Å². The fourth-order valence-electron chi connectivity index (χ4n) is 1.51. The molecule has 0 aliphatic carbocycles. The zero-order valence-corrected chi connectivity index (χ0v) is 10.5. The first-order chi connectivity index (χ1) is 8.54. The van der Waals surface area contributed by atoms with Gasteiger partial charge in [0.15, 0.2) is 0 Å². The molecule has 0 spiro atoms. The highest BCUT2D eigenvalue weighted by atomic mass is 16.5. The third-order valence-electron chi connectivity index (χ3n) is 2.40. The Bertz CT molecular complexity index is 443. The Morgan fingerprint density at radius 2 is 2.11 bits per heavy atom. The van der Waals surface area contributed by atoms with E-state index in [0.29, 0.717) is 17.9 Å². The molecule has 0 unspecified atom stereocenters. The molecule has 1 aromatic rings. The van der Waals surface area contributed by atoms with Crippen LogP contribution in [0, 0.1) is 6.92 Å². The Morgan fingerprint density at radius 3 is 2.67 bits per heavy atom. The fraction of sp³-hybridized carbons (Fsp3) is 0.385. The zero-order valence-electron chi connectivity index (χ0n) is 10.5. The number of ether oxygens (including phenoxy) is 1. The molecule has 0 aliphatic heterocycles. The van der Waals surface area contributed by atoms with Crippen molar-refractivity contribution in [2.75, 3.05) is 13.2 Å². The van der Waals surface area contributed by atoms with E-state index in [1.807, 2.05) is 6.92 Å². The molecule has 5 nitrogen and oxygen atoms in total. The van der Waals surface area contributed by atoms with Crippen LogP contribution in [0.25, 0.3) is 0 Å². The van der Waals surface area contributed by atoms with Gasteiger partial charge in [-0.05, 0) is 37.6 Å². The van der Waals surface area contributed by atoms with Gasteiger partial charge in [-0.3, -0.25) is 4.79 Å². The quantitative estimate of drug-likeness (QED) is 0.805. The van der Waals surface area contributed by atoms with Crippen molar-refractivity contribution in [2.45, 2.75) is 20.3 Å². The lowest BCUT2D eigenvalue weighted by atomic mass is 10.1. The molecule has 0 aromatic heterocycles. The molecular formula is C13H17NO4. The summed E-state index contributed by atoms with van der Waals surface area (Å²) in [4.78, 5) is 22.0. The van der Waals surface area contributed by atoms with Crippen molar-refractivity contribution in [1.29, 1.82) is 0 Å². The van der Waals surface area contributed by atoms with Crippen molar-refractivity contribution in [1.82, 2.24) is 5.32 Å². The van der Waals surface area contributed by atoms with Crippen LogP contribution in [0.3, 0.4) is 0 Å². The van der Waals surface area contributed by atoms with Crippen molar-refractivity contribution in [3.05, 3.63) is 29.3 Å². The lowest BCUT2D eigenvalue weighted by Crippen LogP contribution is -2.24. The Balaban J connectivity index is 2.51. The van der Waals surface area contributed by atoms with Gasteiger partial charge >= 0.3 is 5.97 Å². The van der Waals surface area contributed by atoms with Crippen LogP contribution in [-0.4, -0.2) is 30.1 Å². The van der Waals surface area contributed by atoms with Gasteiger partial charge in [-0.15, -0.1) is 0 Å². The van der Waals surface area contributed by atoms with Crippen LogP contribution < -0.4 is 10.1 Å². The zero-order chi connectivity index (χ0) is 13.5. The molecule has 0 radical (unpaired) electrons. The summed E-state index contributed by atoms with van der Waals surface area (Å²) in [5.74, 6) is -0.445. The third-order valence-corrected chi connectivity index (χ3v) is 2.40. The number of carboxylic acids is 1. The number of aryl methyl sites for hydroxylation is 1. The van der Waals surface area contributed by atoms with E-state index < -0.39 is 5.97 Å². The molecule has 98 valence electrons. The van der Waals surface area contributed by atoms with Crippen molar-refractivity contribution in [3.63, 3.8) is 0 Å². The summed E-state index contributed by atoms with van der Waals surface area (Å²) in [6, 6.07) is 4.74. The third kappa shape index (κ3) is 4.08. The van der Waals surface area contributed by atoms with Gasteiger partial charge in [0.1, 0.15) is 5.75 Å². The molecule has 0 fully saturated rings. The van der Waals surface area contributed by atoms with Crippen LogP contribution in [-0.2, 0) is 4.79 Å². The van der Waals surface area contributed by atoms with Gasteiger partial charge in [-0.1, -0.05) is 0 Å². The largest absolute Gasteiger partial charge is 0.493 e. The van der Waals surface area contributed by atoms with E-state index in [9.17, 15) is 9.59 Å². The van der Waals surface area contributed by atoms with Crippen LogP contribution in [0.15, 0.2) is 18.2 Å². The van der Waals surface area contributed by atoms with Gasteiger partial charge < -0.3 is 15.2 Å². The first kappa shape index (κ1) is 14.0. The molecule has 0 bridgehead atoms. The van der Waals surface area contributed by atoms with E-state index in [0.717, 1.165) is 0 Å². The molecule has 0 saturated carbocycles. The second kappa shape index (κ2) is 6.64. The lowest BCUT2D eigenvalue weighted by molar-refractivity contribution is -0.121. The second-order valence-corrected chi connectivity index (χ2v) is 3.83. The summed E-state index contributed by atoms with van der Waals surface area (Å²) in [7, 11) is 0. The molecule has 5 heteroatoms. The number of rotatable bonds is 6. The molecule has 1 rings (SSSR count). The molecule has 1 amide bonds. The van der Waals surface area contributed by atoms with Gasteiger partial charge in [0, 0.05) is 6.54 Å². The van der Waals surface area contributed by atoms with Crippen LogP contribution in [0.5, 0.6) is 5.75 Å². The number of benzene rings is 1. The summed E-state index contributed by atoms with van der Waals surface area (Å²) in [5, 5.41) is 11.5. The molecule has 0 heterocycles. The fourth-order valence-corrected chi connectivity index (χ4v) is 1.51. The van der Waals surface area contributed by atoms with Gasteiger partial charge in [0.2, 0.25) is 5.91 Å². The number of amides is 1. The topological polar surface area (TPSA) is 75.6 Å². The molecular weight excluding hydrogens is 234 g/mol. The van der Waals surface area contributed by atoms with Crippen molar-refractivity contribution in [3.8, 4) is 5.75 Å². The highest BCUT2D eigenvalue weighted by Crippen LogP contribution is 2.17. The minimum Gasteiger partial charge on any atom is -0.493 e. The Hall–Kier alpha value is -2.04. The average Bonchev–Trinajstić information content (AvgIpc) is 2.29. The summed E-state index contributed by atoms with van der Waals surface area (Å²) >= 11 is 0. The number of carbonyl (C=O) groups is 2. The minimum absolute atomic E-state index is 0.0589. The van der Waals surface area contributed by atoms with Crippen molar-refractivity contribution >= 4 is 11.9 Å². The van der Waals surface area contributed by atoms with E-state index in [1.165, 1.54) is 6.07 Å². The number of nitrogens with one attached hydrogen (secondary N) is 1. The maximum absolute atomic E-state index is 11.2. The van der Waals surface area contributed by atoms with Gasteiger partial charge in [0.05, 0.1) is 18.6 Å². The molecule has 0 saturated heterocycles. The molecule has 1 aromatic carbocycles. The summed E-state index contributed by atoms with van der Waals surface area (Å²) < 4.78 is 5.38. The second-order valence-electron chi connectivity index (χ2n) is 3.83. The highest BCUT2D eigenvalue weighted by Gasteiger charge is 2.07. The summed E-state index contributed by atoms with van der Waals surface area (Å²) in [6.07, 6.45) is 0.285. The number of hydrogen-bond donors (Lipinski definition) is 2. The number of carbonyl (C=O) groups excluding carboxylic acids is 1. The van der Waals surface area contributed by atoms with Gasteiger partial charge in [-0.2, -0.15) is 0 Å². The molecule has 18 heavy (non-hydrogen) atoms. The normalized spacial score (nSPS) is 9.89. The smallest absolute Gasteiger partial charge is 0.335 e. The molecule has 0 aliphatic rings. The minimum atomic E-state index is -0.957. The predicted molar refractivity (Wildman–Crippen MR) is 66.9 cm³/mol. The molecule has 0 atom stereocenters. The maximum atomic E-state index is 11.2. The first-order valence-electron chi connectivity index (χ1n) is 5.78. The van der Waals surface area contributed by atoms with E-state index in [-0.39, 0.29) is 24.5 Å². The van der Waals surface area contributed by atoms with Crippen LogP contribution in [0.1, 0.15) is 29.3 Å². The monoisotopic (exact) mass is 251 g/mol. The average molecular weight is 251 g/mol. The summed E-state index contributed by atoms with van der Waals surface area (Å²) in [5.41, 5.74) is 0.893. The Kier molecular flexibility index (Phi) is 5.17. The Morgan fingerprint density at radius 1 is 1.39 bits per heavy atom.